The molecule has 3 aromatic carbocycles. The third-order valence-electron chi connectivity index (χ3n) is 26.9. The summed E-state index contributed by atoms with van der Waals surface area (Å²) in [7, 11) is 3.95. The number of hydrogen-bond acceptors (Lipinski definition) is 24. The van der Waals surface area contributed by atoms with E-state index < -0.39 is 260 Å². The van der Waals surface area contributed by atoms with Gasteiger partial charge in [-0.1, -0.05) is 140 Å². The lowest BCUT2D eigenvalue weighted by molar-refractivity contribution is -0.149. The predicted molar refractivity (Wildman–Crippen MR) is 545 cm³/mol. The summed E-state index contributed by atoms with van der Waals surface area (Å²) in [6.07, 6.45) is 7.23. The Hall–Kier alpha value is -14.1. The fourth-order valence-corrected chi connectivity index (χ4v) is 19.6. The van der Waals surface area contributed by atoms with Crippen molar-refractivity contribution in [2.24, 2.45) is 17.4 Å². The number of imidazole rings is 1. The van der Waals surface area contributed by atoms with Crippen LogP contribution in [0.3, 0.4) is 0 Å². The van der Waals surface area contributed by atoms with Crippen LogP contribution < -0.4 is 64.6 Å². The van der Waals surface area contributed by atoms with E-state index in [1.807, 2.05) is 13.8 Å². The van der Waals surface area contributed by atoms with Crippen molar-refractivity contribution in [1.82, 2.24) is 97.2 Å². The summed E-state index contributed by atoms with van der Waals surface area (Å²) in [6, 6.07) is -2.93. The van der Waals surface area contributed by atoms with Crippen LogP contribution in [0, 0.1) is 5.92 Å². The van der Waals surface area contributed by atoms with Gasteiger partial charge in [0.2, 0.25) is 94.5 Å². The average molecular weight is 2080 g/mol. The van der Waals surface area contributed by atoms with Gasteiger partial charge in [-0.3, -0.25) is 91.1 Å². The van der Waals surface area contributed by atoms with E-state index in [9.17, 15) is 58.8 Å². The van der Waals surface area contributed by atoms with Gasteiger partial charge in [0.25, 0.3) is 0 Å². The molecule has 16 amide bonds. The van der Waals surface area contributed by atoms with Crippen molar-refractivity contribution in [3.8, 4) is 5.75 Å². The molecule has 3 fully saturated rings. The maximum absolute atomic E-state index is 16.1. The molecule has 0 spiro atoms. The molecule has 148 heavy (non-hydrogen) atoms. The monoisotopic (exact) mass is 2080 g/mol. The number of aromatic nitrogens is 4. The highest BCUT2D eigenvalue weighted by Crippen LogP contribution is 2.30. The lowest BCUT2D eigenvalue weighted by Gasteiger charge is -2.36. The molecule has 3 aliphatic heterocycles. The number of carboxylic acids is 3. The summed E-state index contributed by atoms with van der Waals surface area (Å²) >= 11 is 0.880. The SMILES string of the molecule is CCCC[C@H]1C(=O)N(C)[C@@H](CCCC)C(=O)N[C@@H](CC(C)C)C(=O)N[C@H](C(=O)NCCCCCCCCCCC(=O)O)CSCC(=O)N[C@@H](Cc2ccc(O)cc2)C(=O)N(C)[C@@H](C)C(=O)N[C@@H](CC(N)=O)C(=O)N2CCC[C@H]2C(=O)N[C@@H](Cc2cnc[nH]2)C(=O)N[C@H](CCC(=O)O)C(=O)N2C[C@H](O)C[C@H]2C(=O)N[C@@H](Cc2c[nH]c3ccccc23)C(=O)N[C@@H](CCN)C(=O)N[C@@H](Cc2cn(CC(=O)O)c3ccccc23)C(=O)N1C. The second-order valence-corrected chi connectivity index (χ2v) is 39.8. The molecular weight excluding hydrogens is 1940 g/mol. The van der Waals surface area contributed by atoms with Crippen LogP contribution in [-0.4, -0.2) is 331 Å². The van der Waals surface area contributed by atoms with E-state index in [1.165, 1.54) is 80.5 Å². The van der Waals surface area contributed by atoms with Crippen molar-refractivity contribution in [1.29, 1.82) is 0 Å². The Labute approximate surface area is 862 Å². The first-order chi connectivity index (χ1) is 70.6. The van der Waals surface area contributed by atoms with Gasteiger partial charge in [0, 0.05) is 138 Å². The van der Waals surface area contributed by atoms with Gasteiger partial charge in [0.05, 0.1) is 24.6 Å². The molecule has 6 aromatic rings. The van der Waals surface area contributed by atoms with Crippen LogP contribution in [0.15, 0.2) is 97.7 Å². The normalized spacial score (nSPS) is 23.6. The number of hydrogen-bond donors (Lipinski definition) is 19. The molecule has 46 heteroatoms. The first-order valence-corrected chi connectivity index (χ1v) is 51.9. The number of aliphatic hydroxyl groups is 1. The second kappa shape index (κ2) is 57.9. The lowest BCUT2D eigenvalue weighted by atomic mass is 9.99. The number of nitrogens with one attached hydrogen (secondary N) is 12. The summed E-state index contributed by atoms with van der Waals surface area (Å²) in [5.74, 6) is -19.8. The van der Waals surface area contributed by atoms with Crippen LogP contribution in [0.1, 0.15) is 205 Å². The summed E-state index contributed by atoms with van der Waals surface area (Å²) in [5.41, 5.74) is 14.5. The summed E-state index contributed by atoms with van der Waals surface area (Å²) < 4.78 is 1.44. The van der Waals surface area contributed by atoms with E-state index in [4.69, 9.17) is 16.6 Å². The molecule has 6 heterocycles. The zero-order valence-electron chi connectivity index (χ0n) is 85.2. The van der Waals surface area contributed by atoms with Crippen molar-refractivity contribution in [2.45, 2.75) is 305 Å². The van der Waals surface area contributed by atoms with E-state index in [0.29, 0.717) is 83.4 Å². The van der Waals surface area contributed by atoms with Gasteiger partial charge < -0.3 is 129 Å². The van der Waals surface area contributed by atoms with Crippen molar-refractivity contribution in [3.05, 3.63) is 120 Å². The Morgan fingerprint density at radius 1 is 0.527 bits per heavy atom. The maximum atomic E-state index is 16.1. The Morgan fingerprint density at radius 3 is 1.73 bits per heavy atom. The molecule has 21 N–H and O–H groups in total. The van der Waals surface area contributed by atoms with Gasteiger partial charge in [0.1, 0.15) is 96.9 Å². The van der Waals surface area contributed by atoms with Gasteiger partial charge in [-0.25, -0.2) is 4.98 Å². The number of rotatable bonds is 37. The second-order valence-electron chi connectivity index (χ2n) is 38.7. The number of likely N-dealkylation sites (N-methyl/N-ethyl adjacent to an activating group) is 3. The number of carbonyl (C=O) groups excluding carboxylic acids is 16. The number of carboxylic acid groups (broad SMARTS) is 3. The van der Waals surface area contributed by atoms with Gasteiger partial charge >= 0.3 is 17.9 Å². The lowest BCUT2D eigenvalue weighted by Crippen LogP contribution is -2.61. The minimum Gasteiger partial charge on any atom is -0.508 e. The number of aliphatic carboxylic acids is 3. The smallest absolute Gasteiger partial charge is 0.323 e. The number of aromatic amines is 2. The van der Waals surface area contributed by atoms with Crippen molar-refractivity contribution < 1.29 is 117 Å². The molecule has 0 bridgehead atoms. The van der Waals surface area contributed by atoms with Gasteiger partial charge in [-0.05, 0) is 118 Å². The van der Waals surface area contributed by atoms with Crippen LogP contribution in [-0.2, 0) is 123 Å². The number of primary amides is 1. The molecule has 9 rings (SSSR count). The molecule has 0 radical (unpaired) electrons. The number of phenols is 1. The summed E-state index contributed by atoms with van der Waals surface area (Å²) in [5, 5.41) is 79.7. The number of thioether (sulfide) groups is 1. The highest BCUT2D eigenvalue weighted by Gasteiger charge is 2.47. The van der Waals surface area contributed by atoms with Gasteiger partial charge in [-0.2, -0.15) is 0 Å². The largest absolute Gasteiger partial charge is 0.508 e. The number of nitrogens with zero attached hydrogens (tertiary/aromatic N) is 7. The number of carbonyl (C=O) groups is 19. The average Bonchev–Trinajstić information content (AvgIpc) is 1.64. The molecule has 3 aromatic heterocycles. The zero-order valence-corrected chi connectivity index (χ0v) is 86.0. The molecule has 0 aliphatic carbocycles. The highest BCUT2D eigenvalue weighted by atomic mass is 32.2. The molecule has 808 valence electrons. The van der Waals surface area contributed by atoms with E-state index in [2.05, 4.69) is 68.1 Å². The molecule has 3 saturated heterocycles. The van der Waals surface area contributed by atoms with E-state index in [1.54, 1.807) is 68.6 Å². The molecule has 45 nitrogen and oxygen atoms in total. The van der Waals surface area contributed by atoms with Gasteiger partial charge in [0.15, 0.2) is 0 Å². The summed E-state index contributed by atoms with van der Waals surface area (Å²) in [4.78, 5) is 293. The number of benzene rings is 3. The highest BCUT2D eigenvalue weighted by molar-refractivity contribution is 8.00. The van der Waals surface area contributed by atoms with Crippen molar-refractivity contribution in [2.75, 3.05) is 58.8 Å². The Kier molecular flexibility index (Phi) is 46.0. The molecule has 0 saturated carbocycles. The topological polar surface area (TPSA) is 663 Å². The van der Waals surface area contributed by atoms with Crippen LogP contribution >= 0.6 is 11.8 Å². The Balaban J connectivity index is 1.12. The number of para-hydroxylation sites is 2. The number of aromatic hydroxyl groups is 1. The molecular formula is C102H145N21O24S. The van der Waals surface area contributed by atoms with Gasteiger partial charge in [-0.15, -0.1) is 11.8 Å². The van der Waals surface area contributed by atoms with Crippen LogP contribution in [0.25, 0.3) is 21.8 Å². The minimum absolute atomic E-state index is 0.0126. The van der Waals surface area contributed by atoms with Crippen molar-refractivity contribution >= 4 is 146 Å². The van der Waals surface area contributed by atoms with Crippen LogP contribution in [0.5, 0.6) is 5.75 Å². The number of aliphatic hydroxyl groups excluding tert-OH is 1. The third kappa shape index (κ3) is 34.5. The first-order valence-electron chi connectivity index (χ1n) is 50.8. The Bertz CT molecular complexity index is 5600. The fraction of sp³-hybridized carbons (Fsp3) is 0.569. The number of amides is 16. The predicted octanol–water partition coefficient (Wildman–Crippen LogP) is 1.70. The number of fused-ring (bicyclic) bond motifs is 4. The maximum Gasteiger partial charge on any atom is 0.323 e. The third-order valence-corrected chi connectivity index (χ3v) is 28.0. The quantitative estimate of drug-likeness (QED) is 0.0247. The zero-order chi connectivity index (χ0) is 108. The number of nitrogens with two attached hydrogens (primary N) is 2. The fourth-order valence-electron chi connectivity index (χ4n) is 18.7. The first kappa shape index (κ1) is 118. The minimum atomic E-state index is -1.86. The van der Waals surface area contributed by atoms with Crippen molar-refractivity contribution in [3.63, 3.8) is 0 Å². The summed E-state index contributed by atoms with van der Waals surface area (Å²) in [6.45, 7) is 7.09. The number of H-pyrrole nitrogens is 2. The van der Waals surface area contributed by atoms with E-state index in [-0.39, 0.29) is 101 Å². The number of unbranched alkanes of at least 4 members (excludes halogenated alkanes) is 9. The number of phenolic OH excluding ortho intramolecular Hbond substituents is 1. The Morgan fingerprint density at radius 2 is 1.09 bits per heavy atom. The standard InChI is InChI=1S/C102H145N21O24S/c1-9-11-29-80-95(140)112-72(44-59(3)4)92(137)117-78(90(135)106-42-24-18-16-14-13-15-17-19-33-86(128)129)56-148-57-85(127)109-75(45-61-34-36-65(124)37-35-61)98(143)118(6)60(5)89(134)115-77(50-84(104)126)101(146)122-43-25-32-81(122)96(141)114-74(48-64-52-105-58-108-64)94(139)111-71(38-39-87(130)131)100(145)123-54-66(125)49-83(123)97(142)113-73(46-62-51-107-69-28-22-20-26-67(62)69)93(138)110-70(40-41-103)91(136)116-76(99(144)120(8)82(30-12-10-2)102(147)119(80)7)47-63-53-121(55-88(132)133)79-31-23-21-27-68(63)79/h20-23,26-28,31,34-37,51-53,58-60,66,70-78,80-83,107,124-125H,9-19,24-25,29-30,32-33,38-50,54-57,103H2,1-8H3,(H2,104,126)(H,105,108)(H,106,135)(H,109,127)(H,110,138)(H,111,139)(H,112,140)(H,113,142)(H,114,141)(H,115,134)(H,116,136)(H,117,137)(H,128,129)(H,130,131)(H,132,133)/t60-,66+,70-,71+,72-,73-,74-,75-,76-,77-,78-,80-,81-,82-,83-/m0/s1. The van der Waals surface area contributed by atoms with E-state index in [0.717, 1.165) is 63.5 Å². The van der Waals surface area contributed by atoms with Crippen LogP contribution in [0.4, 0.5) is 0 Å². The molecule has 3 aliphatic rings. The molecule has 15 atom stereocenters. The van der Waals surface area contributed by atoms with Crippen LogP contribution in [0.2, 0.25) is 0 Å². The molecule has 0 unspecified atom stereocenters. The van der Waals surface area contributed by atoms with E-state index >= 15 is 52.7 Å².